The summed E-state index contributed by atoms with van der Waals surface area (Å²) in [5.74, 6) is -0.664. The molecule has 0 saturated carbocycles. The van der Waals surface area contributed by atoms with E-state index in [1.54, 1.807) is 31.3 Å². The number of nitrogens with zero attached hydrogens (tertiary/aromatic N) is 1. The number of benzene rings is 2. The predicted molar refractivity (Wildman–Crippen MR) is 78.0 cm³/mol. The van der Waals surface area contributed by atoms with Gasteiger partial charge in [-0.3, -0.25) is 4.79 Å². The Balaban J connectivity index is 2.40. The molecule has 2 aromatic rings. The summed E-state index contributed by atoms with van der Waals surface area (Å²) in [7, 11) is 1.56. The normalized spacial score (nSPS) is 10.3. The molecule has 0 aliphatic heterocycles. The van der Waals surface area contributed by atoms with Crippen molar-refractivity contribution in [1.29, 1.82) is 0 Å². The summed E-state index contributed by atoms with van der Waals surface area (Å²) in [6.07, 6.45) is 0. The molecule has 0 fully saturated rings. The van der Waals surface area contributed by atoms with Crippen LogP contribution in [0, 0.1) is 12.7 Å². The molecular formula is C15H13BrFNO. The van der Waals surface area contributed by atoms with Gasteiger partial charge < -0.3 is 4.90 Å². The average Bonchev–Trinajstić information content (AvgIpc) is 2.41. The first-order chi connectivity index (χ1) is 9.02. The van der Waals surface area contributed by atoms with Crippen molar-refractivity contribution in [3.8, 4) is 0 Å². The highest BCUT2D eigenvalue weighted by Gasteiger charge is 2.19. The molecule has 0 radical (unpaired) electrons. The smallest absolute Gasteiger partial charge is 0.259 e. The Morgan fingerprint density at radius 1 is 1.16 bits per heavy atom. The first-order valence-corrected chi connectivity index (χ1v) is 6.59. The van der Waals surface area contributed by atoms with E-state index in [2.05, 4.69) is 15.9 Å². The second-order valence-electron chi connectivity index (χ2n) is 4.25. The van der Waals surface area contributed by atoms with Crippen LogP contribution in [0.1, 0.15) is 15.9 Å². The maximum Gasteiger partial charge on any atom is 0.259 e. The Hall–Kier alpha value is -1.68. The molecular weight excluding hydrogens is 309 g/mol. The number of anilines is 1. The van der Waals surface area contributed by atoms with Gasteiger partial charge in [0.25, 0.3) is 5.91 Å². The molecule has 2 aromatic carbocycles. The molecule has 0 N–H and O–H groups in total. The summed E-state index contributed by atoms with van der Waals surface area (Å²) in [5.41, 5.74) is 1.75. The number of aryl methyl sites for hydroxylation is 1. The van der Waals surface area contributed by atoms with Gasteiger partial charge in [-0.2, -0.15) is 0 Å². The van der Waals surface area contributed by atoms with Crippen molar-refractivity contribution in [3.05, 3.63) is 63.9 Å². The van der Waals surface area contributed by atoms with Crippen molar-refractivity contribution in [2.45, 2.75) is 6.92 Å². The number of hydrogen-bond acceptors (Lipinski definition) is 1. The minimum Gasteiger partial charge on any atom is -0.309 e. The van der Waals surface area contributed by atoms with Crippen molar-refractivity contribution in [3.63, 3.8) is 0 Å². The lowest BCUT2D eigenvalue weighted by Crippen LogP contribution is -2.27. The Morgan fingerprint density at radius 3 is 2.53 bits per heavy atom. The molecule has 0 bridgehead atoms. The second kappa shape index (κ2) is 5.53. The van der Waals surface area contributed by atoms with E-state index in [0.717, 1.165) is 10.0 Å². The number of amides is 1. The van der Waals surface area contributed by atoms with E-state index in [1.165, 1.54) is 11.0 Å². The molecule has 0 aliphatic carbocycles. The number of carbonyl (C=O) groups excluding carboxylic acids is 1. The van der Waals surface area contributed by atoms with Crippen LogP contribution in [0.25, 0.3) is 0 Å². The third kappa shape index (κ3) is 2.68. The molecule has 0 heterocycles. The second-order valence-corrected chi connectivity index (χ2v) is 5.05. The van der Waals surface area contributed by atoms with Crippen LogP contribution in [0.2, 0.25) is 0 Å². The lowest BCUT2D eigenvalue weighted by atomic mass is 10.1. The molecule has 2 rings (SSSR count). The molecule has 1 amide bonds. The van der Waals surface area contributed by atoms with Gasteiger partial charge in [0.05, 0.1) is 11.3 Å². The van der Waals surface area contributed by atoms with Gasteiger partial charge in [0.2, 0.25) is 0 Å². The van der Waals surface area contributed by atoms with E-state index >= 15 is 0 Å². The van der Waals surface area contributed by atoms with Crippen LogP contribution < -0.4 is 4.90 Å². The lowest BCUT2D eigenvalue weighted by Gasteiger charge is -2.19. The molecule has 98 valence electrons. The maximum absolute atomic E-state index is 13.7. The molecule has 4 heteroatoms. The summed E-state index contributed by atoms with van der Waals surface area (Å²) in [4.78, 5) is 13.7. The third-order valence-electron chi connectivity index (χ3n) is 2.94. The molecule has 19 heavy (non-hydrogen) atoms. The number of rotatable bonds is 2. The van der Waals surface area contributed by atoms with Crippen LogP contribution in [0.4, 0.5) is 10.1 Å². The van der Waals surface area contributed by atoms with E-state index in [1.807, 2.05) is 19.1 Å². The zero-order valence-corrected chi connectivity index (χ0v) is 12.2. The fourth-order valence-corrected chi connectivity index (χ4v) is 2.26. The summed E-state index contributed by atoms with van der Waals surface area (Å²) in [5, 5.41) is 0. The van der Waals surface area contributed by atoms with Gasteiger partial charge >= 0.3 is 0 Å². The fourth-order valence-electron chi connectivity index (χ4n) is 1.83. The topological polar surface area (TPSA) is 20.3 Å². The van der Waals surface area contributed by atoms with Gasteiger partial charge in [0.15, 0.2) is 0 Å². The van der Waals surface area contributed by atoms with Gasteiger partial charge in [0.1, 0.15) is 5.82 Å². The minimum absolute atomic E-state index is 0.249. The van der Waals surface area contributed by atoms with Crippen molar-refractivity contribution >= 4 is 27.5 Å². The molecule has 0 aromatic heterocycles. The Bertz CT molecular complexity index is 627. The van der Waals surface area contributed by atoms with Crippen molar-refractivity contribution in [2.24, 2.45) is 0 Å². The highest BCUT2D eigenvalue weighted by Crippen LogP contribution is 2.25. The van der Waals surface area contributed by atoms with Gasteiger partial charge in [0, 0.05) is 11.5 Å². The molecule has 0 spiro atoms. The largest absolute Gasteiger partial charge is 0.309 e. The summed E-state index contributed by atoms with van der Waals surface area (Å²) in [6, 6.07) is 11.7. The lowest BCUT2D eigenvalue weighted by molar-refractivity contribution is 0.0991. The third-order valence-corrected chi connectivity index (χ3v) is 3.99. The number of carbonyl (C=O) groups is 1. The van der Waals surface area contributed by atoms with Gasteiger partial charge in [-0.15, -0.1) is 0 Å². The first-order valence-electron chi connectivity index (χ1n) is 5.80. The van der Waals surface area contributed by atoms with Crippen LogP contribution in [0.15, 0.2) is 46.9 Å². The SMILES string of the molecule is Cc1cccc(C(=O)N(C)c2ccccc2F)c1Br. The molecule has 0 unspecified atom stereocenters. The van der Waals surface area contributed by atoms with Crippen LogP contribution in [-0.4, -0.2) is 13.0 Å². The van der Waals surface area contributed by atoms with E-state index < -0.39 is 5.82 Å². The highest BCUT2D eigenvalue weighted by molar-refractivity contribution is 9.10. The van der Waals surface area contributed by atoms with E-state index in [9.17, 15) is 9.18 Å². The fraction of sp³-hybridized carbons (Fsp3) is 0.133. The maximum atomic E-state index is 13.7. The van der Waals surface area contributed by atoms with Gasteiger partial charge in [-0.05, 0) is 46.6 Å². The zero-order valence-electron chi connectivity index (χ0n) is 10.7. The standard InChI is InChI=1S/C15H13BrFNO/c1-10-6-5-7-11(14(10)16)15(19)18(2)13-9-4-3-8-12(13)17/h3-9H,1-2H3. The van der Waals surface area contributed by atoms with E-state index in [-0.39, 0.29) is 11.6 Å². The Morgan fingerprint density at radius 2 is 1.84 bits per heavy atom. The Labute approximate surface area is 120 Å². The van der Waals surface area contributed by atoms with Crippen molar-refractivity contribution in [2.75, 3.05) is 11.9 Å². The van der Waals surface area contributed by atoms with Crippen LogP contribution in [0.3, 0.4) is 0 Å². The van der Waals surface area contributed by atoms with E-state index in [0.29, 0.717) is 5.56 Å². The highest BCUT2D eigenvalue weighted by atomic mass is 79.9. The van der Waals surface area contributed by atoms with Gasteiger partial charge in [-0.1, -0.05) is 24.3 Å². The zero-order chi connectivity index (χ0) is 14.0. The number of halogens is 2. The molecule has 0 atom stereocenters. The van der Waals surface area contributed by atoms with Crippen LogP contribution in [-0.2, 0) is 0 Å². The summed E-state index contributed by atoms with van der Waals surface area (Å²) >= 11 is 3.40. The molecule has 0 aliphatic rings. The number of para-hydroxylation sites is 1. The first kappa shape index (κ1) is 13.7. The monoisotopic (exact) mass is 321 g/mol. The minimum atomic E-state index is -0.415. The average molecular weight is 322 g/mol. The molecule has 2 nitrogen and oxygen atoms in total. The predicted octanol–water partition coefficient (Wildman–Crippen LogP) is 4.17. The Kier molecular flexibility index (Phi) is 4.00. The summed E-state index contributed by atoms with van der Waals surface area (Å²) in [6.45, 7) is 1.91. The summed E-state index contributed by atoms with van der Waals surface area (Å²) < 4.78 is 14.4. The van der Waals surface area contributed by atoms with Crippen molar-refractivity contribution in [1.82, 2.24) is 0 Å². The van der Waals surface area contributed by atoms with Crippen LogP contribution >= 0.6 is 15.9 Å². The van der Waals surface area contributed by atoms with E-state index in [4.69, 9.17) is 0 Å². The quantitative estimate of drug-likeness (QED) is 0.812. The van der Waals surface area contributed by atoms with Gasteiger partial charge in [-0.25, -0.2) is 4.39 Å². The molecule has 0 saturated heterocycles. The number of hydrogen-bond donors (Lipinski definition) is 0. The van der Waals surface area contributed by atoms with Crippen molar-refractivity contribution < 1.29 is 9.18 Å². The van der Waals surface area contributed by atoms with Crippen LogP contribution in [0.5, 0.6) is 0 Å².